The van der Waals surface area contributed by atoms with Crippen LogP contribution in [0.5, 0.6) is 5.75 Å². The first-order valence-electron chi connectivity index (χ1n) is 8.27. The van der Waals surface area contributed by atoms with Gasteiger partial charge in [-0.05, 0) is 19.8 Å². The Morgan fingerprint density at radius 3 is 2.52 bits per heavy atom. The van der Waals surface area contributed by atoms with Crippen LogP contribution in [0.15, 0.2) is 15.3 Å². The van der Waals surface area contributed by atoms with E-state index in [4.69, 9.17) is 9.15 Å². The van der Waals surface area contributed by atoms with Gasteiger partial charge in [-0.25, -0.2) is 0 Å². The van der Waals surface area contributed by atoms with E-state index in [1.165, 1.54) is 13.0 Å². The lowest BCUT2D eigenvalue weighted by molar-refractivity contribution is -0.124. The zero-order valence-electron chi connectivity index (χ0n) is 14.5. The van der Waals surface area contributed by atoms with Gasteiger partial charge >= 0.3 is 0 Å². The minimum absolute atomic E-state index is 0.0659. The Hall–Kier alpha value is -2.35. The predicted molar refractivity (Wildman–Crippen MR) is 89.4 cm³/mol. The molecule has 1 aromatic heterocycles. The van der Waals surface area contributed by atoms with E-state index in [0.29, 0.717) is 44.9 Å². The lowest BCUT2D eigenvalue weighted by Gasteiger charge is -2.35. The van der Waals surface area contributed by atoms with E-state index in [0.717, 1.165) is 0 Å². The molecule has 2 heterocycles. The lowest BCUT2D eigenvalue weighted by atomic mass is 9.74. The van der Waals surface area contributed by atoms with Crippen molar-refractivity contribution < 1.29 is 23.8 Å². The van der Waals surface area contributed by atoms with Crippen molar-refractivity contribution >= 4 is 11.8 Å². The van der Waals surface area contributed by atoms with Gasteiger partial charge in [0.25, 0.3) is 0 Å². The Labute approximate surface area is 145 Å². The third kappa shape index (κ3) is 4.82. The Morgan fingerprint density at radius 1 is 1.24 bits per heavy atom. The number of ether oxygens (including phenoxy) is 1. The first-order valence-corrected chi connectivity index (χ1v) is 8.27. The number of hydrogen-bond acceptors (Lipinski definition) is 6. The monoisotopic (exact) mass is 352 g/mol. The molecule has 1 fully saturated rings. The molecule has 2 rings (SSSR count). The van der Waals surface area contributed by atoms with Crippen LogP contribution >= 0.6 is 0 Å². The van der Waals surface area contributed by atoms with Crippen molar-refractivity contribution in [1.82, 2.24) is 10.6 Å². The van der Waals surface area contributed by atoms with Crippen LogP contribution in [0.2, 0.25) is 0 Å². The second kappa shape index (κ2) is 8.15. The minimum Gasteiger partial charge on any atom is -0.502 e. The summed E-state index contributed by atoms with van der Waals surface area (Å²) in [6.45, 7) is 4.50. The molecule has 1 aliphatic heterocycles. The fourth-order valence-electron chi connectivity index (χ4n) is 3.02. The smallest absolute Gasteiger partial charge is 0.227 e. The summed E-state index contributed by atoms with van der Waals surface area (Å²) in [4.78, 5) is 35.1. The second-order valence-corrected chi connectivity index (χ2v) is 6.30. The van der Waals surface area contributed by atoms with Crippen molar-refractivity contribution in [3.63, 3.8) is 0 Å². The van der Waals surface area contributed by atoms with Gasteiger partial charge in [0, 0.05) is 51.1 Å². The van der Waals surface area contributed by atoms with E-state index < -0.39 is 16.6 Å². The highest BCUT2D eigenvalue weighted by Crippen LogP contribution is 2.41. The van der Waals surface area contributed by atoms with E-state index in [9.17, 15) is 19.5 Å². The molecule has 0 atom stereocenters. The van der Waals surface area contributed by atoms with Crippen molar-refractivity contribution in [2.75, 3.05) is 26.3 Å². The SMILES string of the molecule is CC(=O)NCCNC(=O)CC1(c2oc(C)cc(=O)c2O)CCOCC1. The summed E-state index contributed by atoms with van der Waals surface area (Å²) in [6.07, 6.45) is 0.995. The average molecular weight is 352 g/mol. The summed E-state index contributed by atoms with van der Waals surface area (Å²) in [5, 5.41) is 15.5. The molecule has 138 valence electrons. The highest BCUT2D eigenvalue weighted by atomic mass is 16.5. The molecule has 1 aromatic rings. The summed E-state index contributed by atoms with van der Waals surface area (Å²) < 4.78 is 11.0. The Bertz CT molecular complexity index is 691. The van der Waals surface area contributed by atoms with Gasteiger partial charge in [-0.3, -0.25) is 14.4 Å². The maximum absolute atomic E-state index is 12.3. The van der Waals surface area contributed by atoms with Crippen LogP contribution in [-0.2, 0) is 19.7 Å². The van der Waals surface area contributed by atoms with Gasteiger partial charge in [-0.15, -0.1) is 0 Å². The van der Waals surface area contributed by atoms with E-state index >= 15 is 0 Å². The van der Waals surface area contributed by atoms with Gasteiger partial charge in [-0.2, -0.15) is 0 Å². The maximum Gasteiger partial charge on any atom is 0.227 e. The molecule has 1 aliphatic rings. The number of amides is 2. The molecule has 0 bridgehead atoms. The molecule has 0 unspecified atom stereocenters. The summed E-state index contributed by atoms with van der Waals surface area (Å²) >= 11 is 0. The molecule has 0 aromatic carbocycles. The molecular formula is C17H24N2O6. The topological polar surface area (TPSA) is 118 Å². The summed E-state index contributed by atoms with van der Waals surface area (Å²) in [6, 6.07) is 1.22. The molecule has 1 saturated heterocycles. The standard InChI is InChI=1S/C17H24N2O6/c1-11-9-13(21)15(23)16(25-11)17(3-7-24-8-4-17)10-14(22)19-6-5-18-12(2)20/h9,23H,3-8,10H2,1-2H3,(H,18,20)(H,19,22). The molecule has 0 radical (unpaired) electrons. The number of aromatic hydroxyl groups is 1. The molecule has 3 N–H and O–H groups in total. The lowest BCUT2D eigenvalue weighted by Crippen LogP contribution is -2.41. The largest absolute Gasteiger partial charge is 0.502 e. The number of nitrogens with one attached hydrogen (secondary N) is 2. The van der Waals surface area contributed by atoms with Gasteiger partial charge in [-0.1, -0.05) is 0 Å². The average Bonchev–Trinajstić information content (AvgIpc) is 2.55. The molecule has 25 heavy (non-hydrogen) atoms. The van der Waals surface area contributed by atoms with Crippen LogP contribution in [0.4, 0.5) is 0 Å². The predicted octanol–water partition coefficient (Wildman–Crippen LogP) is 0.344. The van der Waals surface area contributed by atoms with E-state index in [2.05, 4.69) is 10.6 Å². The van der Waals surface area contributed by atoms with Gasteiger partial charge in [0.1, 0.15) is 5.76 Å². The number of aryl methyl sites for hydroxylation is 1. The summed E-state index contributed by atoms with van der Waals surface area (Å²) in [5.41, 5.74) is -1.30. The third-order valence-electron chi connectivity index (χ3n) is 4.30. The normalized spacial score (nSPS) is 16.2. The molecule has 8 heteroatoms. The molecule has 2 amide bonds. The van der Waals surface area contributed by atoms with Gasteiger partial charge in [0.05, 0.1) is 0 Å². The first-order chi connectivity index (χ1) is 11.8. The van der Waals surface area contributed by atoms with Crippen molar-refractivity contribution in [3.8, 4) is 5.75 Å². The molecule has 0 saturated carbocycles. The maximum atomic E-state index is 12.3. The highest BCUT2D eigenvalue weighted by molar-refractivity contribution is 5.78. The van der Waals surface area contributed by atoms with Crippen LogP contribution in [0, 0.1) is 6.92 Å². The Balaban J connectivity index is 2.17. The quantitative estimate of drug-likeness (QED) is 0.636. The molecule has 0 aliphatic carbocycles. The number of rotatable bonds is 6. The van der Waals surface area contributed by atoms with Crippen LogP contribution in [0.1, 0.15) is 37.7 Å². The van der Waals surface area contributed by atoms with Gasteiger partial charge < -0.3 is 24.9 Å². The highest BCUT2D eigenvalue weighted by Gasteiger charge is 2.41. The minimum atomic E-state index is -0.786. The summed E-state index contributed by atoms with van der Waals surface area (Å²) in [5.74, 6) is -0.316. The zero-order valence-corrected chi connectivity index (χ0v) is 14.5. The molecule has 8 nitrogen and oxygen atoms in total. The Morgan fingerprint density at radius 2 is 1.88 bits per heavy atom. The molecular weight excluding hydrogens is 328 g/mol. The van der Waals surface area contributed by atoms with Gasteiger partial charge in [0.2, 0.25) is 23.0 Å². The fourth-order valence-corrected chi connectivity index (χ4v) is 3.02. The van der Waals surface area contributed by atoms with E-state index in [-0.39, 0.29) is 24.0 Å². The Kier molecular flexibility index (Phi) is 6.19. The van der Waals surface area contributed by atoms with Crippen LogP contribution in [0.25, 0.3) is 0 Å². The van der Waals surface area contributed by atoms with Gasteiger partial charge in [0.15, 0.2) is 5.76 Å². The second-order valence-electron chi connectivity index (χ2n) is 6.30. The number of carbonyl (C=O) groups is 2. The number of hydrogen-bond donors (Lipinski definition) is 3. The van der Waals surface area contributed by atoms with Crippen LogP contribution in [-0.4, -0.2) is 43.2 Å². The van der Waals surface area contributed by atoms with Crippen LogP contribution < -0.4 is 16.1 Å². The van der Waals surface area contributed by atoms with E-state index in [1.807, 2.05) is 0 Å². The van der Waals surface area contributed by atoms with Crippen molar-refractivity contribution in [3.05, 3.63) is 27.8 Å². The first kappa shape index (κ1) is 19.0. The van der Waals surface area contributed by atoms with Crippen LogP contribution in [0.3, 0.4) is 0 Å². The third-order valence-corrected chi connectivity index (χ3v) is 4.30. The fraction of sp³-hybridized carbons (Fsp3) is 0.588. The van der Waals surface area contributed by atoms with Crippen molar-refractivity contribution in [1.29, 1.82) is 0 Å². The van der Waals surface area contributed by atoms with Crippen molar-refractivity contribution in [2.45, 2.75) is 38.5 Å². The molecule has 0 spiro atoms. The summed E-state index contributed by atoms with van der Waals surface area (Å²) in [7, 11) is 0. The van der Waals surface area contributed by atoms with Crippen molar-refractivity contribution in [2.24, 2.45) is 0 Å². The zero-order chi connectivity index (χ0) is 18.4. The number of carbonyl (C=O) groups excluding carboxylic acids is 2. The van der Waals surface area contributed by atoms with E-state index in [1.54, 1.807) is 6.92 Å².